The zero-order valence-corrected chi connectivity index (χ0v) is 16.9. The number of nitrogens with zero attached hydrogens (tertiary/aromatic N) is 5. The zero-order chi connectivity index (χ0) is 20.5. The maximum Gasteiger partial charge on any atom is 0.254 e. The number of anilines is 2. The predicted octanol–water partition coefficient (Wildman–Crippen LogP) is 2.92. The molecule has 30 heavy (non-hydrogen) atoms. The number of amides is 1. The van der Waals surface area contributed by atoms with Crippen molar-refractivity contribution >= 4 is 17.5 Å². The van der Waals surface area contributed by atoms with E-state index in [0.717, 1.165) is 29.9 Å². The summed E-state index contributed by atoms with van der Waals surface area (Å²) in [7, 11) is 0. The number of carbonyl (C=O) groups is 1. The Bertz CT molecular complexity index is 1070. The summed E-state index contributed by atoms with van der Waals surface area (Å²) in [6.07, 6.45) is 1.53. The van der Waals surface area contributed by atoms with Gasteiger partial charge in [-0.25, -0.2) is 4.68 Å². The van der Waals surface area contributed by atoms with Crippen LogP contribution >= 0.6 is 0 Å². The second-order valence-corrected chi connectivity index (χ2v) is 7.62. The molecule has 152 valence electrons. The van der Waals surface area contributed by atoms with E-state index in [-0.39, 0.29) is 11.9 Å². The molecule has 0 spiro atoms. The van der Waals surface area contributed by atoms with Gasteiger partial charge < -0.3 is 15.1 Å². The molecule has 0 unspecified atom stereocenters. The van der Waals surface area contributed by atoms with Crippen molar-refractivity contribution in [1.82, 2.24) is 19.7 Å². The van der Waals surface area contributed by atoms with Gasteiger partial charge in [0.25, 0.3) is 5.91 Å². The van der Waals surface area contributed by atoms with Crippen molar-refractivity contribution in [2.24, 2.45) is 0 Å². The molecule has 1 fully saturated rings. The van der Waals surface area contributed by atoms with Crippen LogP contribution in [0.2, 0.25) is 0 Å². The molecule has 0 aliphatic carbocycles. The van der Waals surface area contributed by atoms with Gasteiger partial charge in [0.2, 0.25) is 5.95 Å². The molecular weight excluding hydrogens is 376 g/mol. The molecule has 3 heterocycles. The molecule has 2 aromatic carbocycles. The number of aromatic nitrogens is 3. The van der Waals surface area contributed by atoms with Crippen LogP contribution in [-0.2, 0) is 4.79 Å². The van der Waals surface area contributed by atoms with E-state index in [4.69, 9.17) is 0 Å². The van der Waals surface area contributed by atoms with Gasteiger partial charge >= 0.3 is 0 Å². The first kappa shape index (κ1) is 18.4. The van der Waals surface area contributed by atoms with Crippen LogP contribution in [0.5, 0.6) is 0 Å². The number of carbonyl (C=O) groups excluding carboxylic acids is 1. The van der Waals surface area contributed by atoms with Gasteiger partial charge in [0.15, 0.2) is 0 Å². The topological polar surface area (TPSA) is 66.3 Å². The summed E-state index contributed by atoms with van der Waals surface area (Å²) < 4.78 is 1.80. The molecule has 1 atom stereocenters. The highest BCUT2D eigenvalue weighted by Gasteiger charge is 2.36. The Morgan fingerprint density at radius 2 is 1.63 bits per heavy atom. The van der Waals surface area contributed by atoms with Gasteiger partial charge in [-0.05, 0) is 24.6 Å². The fourth-order valence-corrected chi connectivity index (χ4v) is 4.29. The van der Waals surface area contributed by atoms with Crippen molar-refractivity contribution in [1.29, 1.82) is 0 Å². The van der Waals surface area contributed by atoms with Crippen molar-refractivity contribution in [2.75, 3.05) is 36.4 Å². The van der Waals surface area contributed by atoms with Gasteiger partial charge in [0, 0.05) is 37.6 Å². The van der Waals surface area contributed by atoms with E-state index < -0.39 is 0 Å². The Hall–Kier alpha value is -3.61. The number of fused-ring (bicyclic) bond motifs is 1. The average Bonchev–Trinajstić information content (AvgIpc) is 3.27. The number of para-hydroxylation sites is 1. The monoisotopic (exact) mass is 400 g/mol. The SMILES string of the molecule is CC1=C(C(=O)N2CCN(c3ccccc3)CC2)[C@H](c2ccccc2)n2ncnc2N1. The second kappa shape index (κ2) is 7.67. The molecule has 1 saturated heterocycles. The minimum atomic E-state index is -0.287. The van der Waals surface area contributed by atoms with Gasteiger partial charge in [0.05, 0.1) is 5.57 Å². The van der Waals surface area contributed by atoms with E-state index in [0.29, 0.717) is 19.0 Å². The van der Waals surface area contributed by atoms with Crippen LogP contribution in [-0.4, -0.2) is 51.8 Å². The third-order valence-corrected chi connectivity index (χ3v) is 5.83. The summed E-state index contributed by atoms with van der Waals surface area (Å²) >= 11 is 0. The molecule has 2 aliphatic rings. The Kier molecular flexibility index (Phi) is 4.71. The van der Waals surface area contributed by atoms with E-state index in [9.17, 15) is 4.79 Å². The molecule has 7 heteroatoms. The molecule has 0 bridgehead atoms. The summed E-state index contributed by atoms with van der Waals surface area (Å²) in [5, 5.41) is 7.66. The molecule has 1 amide bonds. The largest absolute Gasteiger partial charge is 0.368 e. The smallest absolute Gasteiger partial charge is 0.254 e. The van der Waals surface area contributed by atoms with Crippen molar-refractivity contribution in [2.45, 2.75) is 13.0 Å². The highest BCUT2D eigenvalue weighted by molar-refractivity contribution is 5.97. The lowest BCUT2D eigenvalue weighted by Crippen LogP contribution is -2.50. The minimum absolute atomic E-state index is 0.0581. The van der Waals surface area contributed by atoms with Crippen LogP contribution < -0.4 is 10.2 Å². The Morgan fingerprint density at radius 3 is 2.33 bits per heavy atom. The summed E-state index contributed by atoms with van der Waals surface area (Å²) in [5.41, 5.74) is 3.79. The normalized spacial score (nSPS) is 18.8. The molecule has 2 aliphatic heterocycles. The summed E-state index contributed by atoms with van der Waals surface area (Å²) in [4.78, 5) is 22.3. The highest BCUT2D eigenvalue weighted by Crippen LogP contribution is 2.35. The molecule has 7 nitrogen and oxygen atoms in total. The number of allylic oxidation sites excluding steroid dienone is 1. The fourth-order valence-electron chi connectivity index (χ4n) is 4.29. The Labute approximate surface area is 175 Å². The van der Waals surface area contributed by atoms with E-state index >= 15 is 0 Å². The van der Waals surface area contributed by atoms with Gasteiger partial charge in [-0.15, -0.1) is 0 Å². The van der Waals surface area contributed by atoms with Crippen molar-refractivity contribution in [3.05, 3.63) is 83.8 Å². The van der Waals surface area contributed by atoms with Crippen LogP contribution in [0, 0.1) is 0 Å². The van der Waals surface area contributed by atoms with Crippen LogP contribution in [0.25, 0.3) is 0 Å². The van der Waals surface area contributed by atoms with Crippen LogP contribution in [0.3, 0.4) is 0 Å². The molecule has 0 saturated carbocycles. The fraction of sp³-hybridized carbons (Fsp3) is 0.261. The standard InChI is InChI=1S/C23H24N6O/c1-17-20(21(18-8-4-2-5-9-18)29-23(26-17)24-16-25-29)22(30)28-14-12-27(13-15-28)19-10-6-3-7-11-19/h2-11,16,21H,12-15H2,1H3,(H,24,25,26)/t21-/m0/s1. The number of hydrogen-bond acceptors (Lipinski definition) is 5. The number of piperazine rings is 1. The highest BCUT2D eigenvalue weighted by atomic mass is 16.2. The second-order valence-electron chi connectivity index (χ2n) is 7.62. The van der Waals surface area contributed by atoms with Crippen LogP contribution in [0.1, 0.15) is 18.5 Å². The van der Waals surface area contributed by atoms with Crippen LogP contribution in [0.4, 0.5) is 11.6 Å². The molecule has 1 N–H and O–H groups in total. The van der Waals surface area contributed by atoms with E-state index in [1.807, 2.05) is 48.2 Å². The molecule has 3 aromatic rings. The van der Waals surface area contributed by atoms with E-state index in [1.165, 1.54) is 12.0 Å². The maximum atomic E-state index is 13.7. The van der Waals surface area contributed by atoms with Crippen molar-refractivity contribution < 1.29 is 4.79 Å². The number of benzene rings is 2. The van der Waals surface area contributed by atoms with Gasteiger partial charge in [-0.2, -0.15) is 10.1 Å². The van der Waals surface area contributed by atoms with Crippen molar-refractivity contribution in [3.63, 3.8) is 0 Å². The summed E-state index contributed by atoms with van der Waals surface area (Å²) in [5.74, 6) is 0.717. The van der Waals surface area contributed by atoms with Gasteiger partial charge in [-0.1, -0.05) is 48.5 Å². The summed E-state index contributed by atoms with van der Waals surface area (Å²) in [6, 6.07) is 20.1. The minimum Gasteiger partial charge on any atom is -0.368 e. The zero-order valence-electron chi connectivity index (χ0n) is 16.9. The first-order valence-electron chi connectivity index (χ1n) is 10.2. The van der Waals surface area contributed by atoms with Gasteiger partial charge in [0.1, 0.15) is 12.4 Å². The number of nitrogens with one attached hydrogen (secondary N) is 1. The lowest BCUT2D eigenvalue weighted by Gasteiger charge is -2.38. The molecular formula is C23H24N6O. The van der Waals surface area contributed by atoms with Crippen LogP contribution in [0.15, 0.2) is 78.3 Å². The first-order valence-corrected chi connectivity index (χ1v) is 10.2. The Morgan fingerprint density at radius 1 is 0.967 bits per heavy atom. The molecule has 0 radical (unpaired) electrons. The van der Waals surface area contributed by atoms with Gasteiger partial charge in [-0.3, -0.25) is 4.79 Å². The lowest BCUT2D eigenvalue weighted by atomic mass is 9.94. The van der Waals surface area contributed by atoms with E-state index in [2.05, 4.69) is 44.6 Å². The number of rotatable bonds is 3. The van der Waals surface area contributed by atoms with E-state index in [1.54, 1.807) is 4.68 Å². The average molecular weight is 400 g/mol. The molecule has 5 rings (SSSR count). The maximum absolute atomic E-state index is 13.7. The Balaban J connectivity index is 1.41. The third kappa shape index (κ3) is 3.22. The summed E-state index contributed by atoms with van der Waals surface area (Å²) in [6.45, 7) is 4.97. The first-order chi connectivity index (χ1) is 14.7. The number of hydrogen-bond donors (Lipinski definition) is 1. The lowest BCUT2D eigenvalue weighted by molar-refractivity contribution is -0.128. The molecule has 1 aromatic heterocycles. The predicted molar refractivity (Wildman–Crippen MR) is 116 cm³/mol. The quantitative estimate of drug-likeness (QED) is 0.732. The third-order valence-electron chi connectivity index (χ3n) is 5.83. The van der Waals surface area contributed by atoms with Crippen molar-refractivity contribution in [3.8, 4) is 0 Å².